The highest BCUT2D eigenvalue weighted by atomic mass is 19.4. The number of hydrogen-bond donors (Lipinski definition) is 2. The normalized spacial score (nSPS) is 20.0. The van der Waals surface area contributed by atoms with Gasteiger partial charge >= 0.3 is 6.18 Å². The van der Waals surface area contributed by atoms with Gasteiger partial charge in [0, 0.05) is 80.5 Å². The zero-order valence-electron chi connectivity index (χ0n) is 24.0. The molecule has 3 aliphatic rings. The molecule has 1 atom stereocenters. The first kappa shape index (κ1) is 27.8. The molecule has 0 amide bonds. The number of alkyl halides is 3. The lowest BCUT2D eigenvalue weighted by Crippen LogP contribution is -2.57. The van der Waals surface area contributed by atoms with Crippen molar-refractivity contribution in [3.05, 3.63) is 60.6 Å². The van der Waals surface area contributed by atoms with E-state index in [-0.39, 0.29) is 13.1 Å². The maximum Gasteiger partial charge on any atom is 0.405 e. The Kier molecular flexibility index (Phi) is 7.26. The summed E-state index contributed by atoms with van der Waals surface area (Å²) in [5, 5.41) is 6.83. The van der Waals surface area contributed by atoms with Crippen LogP contribution >= 0.6 is 0 Å². The summed E-state index contributed by atoms with van der Waals surface area (Å²) in [5.74, 6) is 1.92. The second-order valence-corrected chi connectivity index (χ2v) is 11.7. The molecule has 7 rings (SSSR count). The molecule has 0 spiro atoms. The molecule has 1 saturated carbocycles. The average molecular weight is 590 g/mol. The summed E-state index contributed by atoms with van der Waals surface area (Å²) in [7, 11) is 2.14. The largest absolute Gasteiger partial charge is 0.405 e. The predicted molar refractivity (Wildman–Crippen MR) is 162 cm³/mol. The molecule has 2 aliphatic heterocycles. The molecular formula is C31H34F3N9. The minimum absolute atomic E-state index is 0.214. The van der Waals surface area contributed by atoms with Crippen molar-refractivity contribution in [2.24, 2.45) is 0 Å². The number of nitrogens with one attached hydrogen (secondary N) is 2. The van der Waals surface area contributed by atoms with Gasteiger partial charge in [-0.25, -0.2) is 15.0 Å². The lowest BCUT2D eigenvalue weighted by molar-refractivity contribution is -0.155. The van der Waals surface area contributed by atoms with Crippen LogP contribution in [0, 0.1) is 0 Å². The molecule has 224 valence electrons. The molecule has 4 aromatic rings. The van der Waals surface area contributed by atoms with Gasteiger partial charge in [0.1, 0.15) is 17.7 Å². The summed E-state index contributed by atoms with van der Waals surface area (Å²) < 4.78 is 41.2. The highest BCUT2D eigenvalue weighted by molar-refractivity contribution is 5.94. The molecule has 0 bridgehead atoms. The second kappa shape index (κ2) is 11.2. The van der Waals surface area contributed by atoms with Crippen molar-refractivity contribution in [2.45, 2.75) is 31.0 Å². The molecular weight excluding hydrogens is 555 g/mol. The molecule has 43 heavy (non-hydrogen) atoms. The van der Waals surface area contributed by atoms with E-state index < -0.39 is 12.2 Å². The molecule has 0 unspecified atom stereocenters. The topological polar surface area (TPSA) is 85.3 Å². The monoisotopic (exact) mass is 589 g/mol. The van der Waals surface area contributed by atoms with Crippen molar-refractivity contribution in [3.63, 3.8) is 0 Å². The number of rotatable bonds is 6. The maximum absolute atomic E-state index is 13.7. The smallest absolute Gasteiger partial charge is 0.369 e. The number of halogens is 3. The van der Waals surface area contributed by atoms with Gasteiger partial charge in [-0.3, -0.25) is 4.98 Å². The fourth-order valence-corrected chi connectivity index (χ4v) is 5.94. The highest BCUT2D eigenvalue weighted by Crippen LogP contribution is 2.45. The van der Waals surface area contributed by atoms with E-state index in [0.29, 0.717) is 35.4 Å². The van der Waals surface area contributed by atoms with E-state index in [1.807, 2.05) is 30.5 Å². The summed E-state index contributed by atoms with van der Waals surface area (Å²) in [6, 6.07) is 10.4. The van der Waals surface area contributed by atoms with Crippen LogP contribution < -0.4 is 20.4 Å². The van der Waals surface area contributed by atoms with E-state index in [9.17, 15) is 13.2 Å². The minimum atomic E-state index is -4.35. The van der Waals surface area contributed by atoms with E-state index in [0.717, 1.165) is 66.9 Å². The Hall–Kier alpha value is -4.03. The van der Waals surface area contributed by atoms with Crippen molar-refractivity contribution < 1.29 is 13.2 Å². The van der Waals surface area contributed by atoms with Crippen LogP contribution in [-0.2, 0) is 0 Å². The van der Waals surface area contributed by atoms with Crippen molar-refractivity contribution in [1.29, 1.82) is 0 Å². The van der Waals surface area contributed by atoms with E-state index in [2.05, 4.69) is 49.6 Å². The molecule has 5 heterocycles. The van der Waals surface area contributed by atoms with Crippen LogP contribution in [0.5, 0.6) is 0 Å². The highest BCUT2D eigenvalue weighted by Gasteiger charge is 2.42. The Morgan fingerprint density at radius 2 is 1.79 bits per heavy atom. The second-order valence-electron chi connectivity index (χ2n) is 11.7. The Labute approximate surface area is 248 Å². The van der Waals surface area contributed by atoms with Gasteiger partial charge in [0.15, 0.2) is 5.82 Å². The number of piperazine rings is 2. The predicted octanol–water partition coefficient (Wildman–Crippen LogP) is 4.80. The number of aromatic nitrogens is 4. The fourth-order valence-electron chi connectivity index (χ4n) is 5.94. The van der Waals surface area contributed by atoms with E-state index in [1.54, 1.807) is 17.3 Å². The Morgan fingerprint density at radius 1 is 0.953 bits per heavy atom. The average Bonchev–Trinajstić information content (AvgIpc) is 3.86. The van der Waals surface area contributed by atoms with Gasteiger partial charge in [0.2, 0.25) is 0 Å². The van der Waals surface area contributed by atoms with Crippen molar-refractivity contribution >= 4 is 33.9 Å². The molecule has 3 aromatic heterocycles. The SMILES string of the molecule is CN1CCN(c2cccc(Nc3cc(-c4nc(N5CCN[C@@H](C(F)(F)F)C5)c5c(C6CC6)cncc5n4)ccn3)c2)CC1. The number of hydrogen-bond acceptors (Lipinski definition) is 9. The van der Waals surface area contributed by atoms with Crippen LogP contribution in [0.25, 0.3) is 22.3 Å². The lowest BCUT2D eigenvalue weighted by Gasteiger charge is -2.36. The first-order valence-electron chi connectivity index (χ1n) is 14.8. The van der Waals surface area contributed by atoms with Gasteiger partial charge in [-0.05, 0) is 61.7 Å². The summed E-state index contributed by atoms with van der Waals surface area (Å²) >= 11 is 0. The van der Waals surface area contributed by atoms with Gasteiger partial charge in [-0.2, -0.15) is 13.2 Å². The van der Waals surface area contributed by atoms with Gasteiger partial charge in [-0.15, -0.1) is 0 Å². The lowest BCUT2D eigenvalue weighted by atomic mass is 10.1. The number of pyridine rings is 2. The number of likely N-dealkylation sites (N-methyl/N-ethyl adjacent to an activating group) is 1. The van der Waals surface area contributed by atoms with Crippen LogP contribution in [-0.4, -0.2) is 89.9 Å². The Morgan fingerprint density at radius 3 is 2.58 bits per heavy atom. The van der Waals surface area contributed by atoms with Crippen molar-refractivity contribution in [3.8, 4) is 11.4 Å². The molecule has 2 N–H and O–H groups in total. The molecule has 1 aliphatic carbocycles. The number of benzene rings is 1. The maximum atomic E-state index is 13.7. The van der Waals surface area contributed by atoms with Crippen LogP contribution in [0.1, 0.15) is 24.3 Å². The first-order valence-corrected chi connectivity index (χ1v) is 14.8. The van der Waals surface area contributed by atoms with E-state index >= 15 is 0 Å². The summed E-state index contributed by atoms with van der Waals surface area (Å²) in [5.41, 5.74) is 4.44. The van der Waals surface area contributed by atoms with Crippen LogP contribution in [0.2, 0.25) is 0 Å². The first-order chi connectivity index (χ1) is 20.8. The van der Waals surface area contributed by atoms with Gasteiger partial charge in [-0.1, -0.05) is 6.07 Å². The molecule has 12 heteroatoms. The third kappa shape index (κ3) is 5.94. The fraction of sp³-hybridized carbons (Fsp3) is 0.419. The number of anilines is 4. The molecule has 1 aromatic carbocycles. The van der Waals surface area contributed by atoms with Gasteiger partial charge in [0.25, 0.3) is 0 Å². The molecule has 2 saturated heterocycles. The summed E-state index contributed by atoms with van der Waals surface area (Å²) in [6.45, 7) is 4.42. The molecule has 0 radical (unpaired) electrons. The number of fused-ring (bicyclic) bond motifs is 1. The third-order valence-corrected chi connectivity index (χ3v) is 8.51. The van der Waals surface area contributed by atoms with Crippen molar-refractivity contribution in [1.82, 2.24) is 30.2 Å². The van der Waals surface area contributed by atoms with Gasteiger partial charge < -0.3 is 25.3 Å². The summed E-state index contributed by atoms with van der Waals surface area (Å²) in [4.78, 5) is 25.2. The van der Waals surface area contributed by atoms with Crippen LogP contribution in [0.3, 0.4) is 0 Å². The standard InChI is InChI=1S/C31H34F3N9/c1-41-11-13-42(14-12-41)23-4-2-3-22(16-23)38-27-15-21(7-8-37-27)29-39-25-18-35-17-24(20-5-6-20)28(25)30(40-29)43-10-9-36-26(19-43)31(32,33)34/h2-4,7-8,15-18,20,26,36H,5-6,9-14,19H2,1H3,(H,37,38)/t26-/m1/s1. The third-order valence-electron chi connectivity index (χ3n) is 8.51. The van der Waals surface area contributed by atoms with Crippen molar-refractivity contribution in [2.75, 3.05) is 68.0 Å². The summed E-state index contributed by atoms with van der Waals surface area (Å²) in [6.07, 6.45) is 2.91. The van der Waals surface area contributed by atoms with E-state index in [4.69, 9.17) is 9.97 Å². The molecule has 9 nitrogen and oxygen atoms in total. The van der Waals surface area contributed by atoms with E-state index in [1.165, 1.54) is 0 Å². The Balaban J connectivity index is 1.22. The molecule has 3 fully saturated rings. The Bertz CT molecular complexity index is 1620. The minimum Gasteiger partial charge on any atom is -0.369 e. The number of nitrogens with zero attached hydrogens (tertiary/aromatic N) is 7. The van der Waals surface area contributed by atoms with Gasteiger partial charge in [0.05, 0.1) is 11.7 Å². The zero-order chi connectivity index (χ0) is 29.6. The zero-order valence-corrected chi connectivity index (χ0v) is 24.0. The van der Waals surface area contributed by atoms with Crippen LogP contribution in [0.4, 0.5) is 36.2 Å². The quantitative estimate of drug-likeness (QED) is 0.330. The van der Waals surface area contributed by atoms with Crippen LogP contribution in [0.15, 0.2) is 55.0 Å².